The van der Waals surface area contributed by atoms with Crippen LogP contribution in [0.2, 0.25) is 0 Å². The molecule has 3 fully saturated rings. The van der Waals surface area contributed by atoms with Crippen molar-refractivity contribution in [2.24, 2.45) is 39.4 Å². The Morgan fingerprint density at radius 3 is 2.23 bits per heavy atom. The molecule has 9 atom stereocenters. The van der Waals surface area contributed by atoms with Gasteiger partial charge in [-0.15, -0.1) is 0 Å². The summed E-state index contributed by atoms with van der Waals surface area (Å²) in [7, 11) is 0. The monoisotopic (exact) mass is 558 g/mol. The summed E-state index contributed by atoms with van der Waals surface area (Å²) in [5, 5.41) is 33.9. The number of ether oxygens (including phenoxy) is 1. The maximum atomic E-state index is 14.3. The van der Waals surface area contributed by atoms with Crippen molar-refractivity contribution in [1.82, 2.24) is 0 Å². The fourth-order valence-corrected chi connectivity index (χ4v) is 9.35. The molecule has 4 aliphatic carbocycles. The van der Waals surface area contributed by atoms with Crippen LogP contribution >= 0.6 is 0 Å². The molecule has 4 rings (SSSR count). The molecule has 0 aromatic heterocycles. The summed E-state index contributed by atoms with van der Waals surface area (Å²) in [5.41, 5.74) is -5.33. The fraction of sp³-hybridized carbons (Fsp3) is 0.750. The number of aliphatic hydroxyl groups excluding tert-OH is 2. The third kappa shape index (κ3) is 4.11. The van der Waals surface area contributed by atoms with Gasteiger partial charge < -0.3 is 20.1 Å². The third-order valence-corrected chi connectivity index (χ3v) is 11.6. The van der Waals surface area contributed by atoms with Crippen LogP contribution in [0.1, 0.15) is 88.0 Å². The molecule has 3 N–H and O–H groups in total. The van der Waals surface area contributed by atoms with E-state index in [1.165, 1.54) is 26.0 Å². The minimum Gasteiger partial charge on any atom is -0.456 e. The molecule has 0 unspecified atom stereocenters. The number of aliphatic hydroxyl groups is 3. The lowest BCUT2D eigenvalue weighted by molar-refractivity contribution is -0.183. The Hall–Kier alpha value is -2.16. The topological polar surface area (TPSA) is 138 Å². The lowest BCUT2D eigenvalue weighted by Crippen LogP contribution is -2.65. The average Bonchev–Trinajstić information content (AvgIpc) is 3.01. The van der Waals surface area contributed by atoms with Crippen LogP contribution in [-0.4, -0.2) is 62.0 Å². The van der Waals surface area contributed by atoms with Gasteiger partial charge in [-0.2, -0.15) is 0 Å². The largest absolute Gasteiger partial charge is 0.456 e. The minimum atomic E-state index is -1.99. The molecule has 8 nitrogen and oxygen atoms in total. The van der Waals surface area contributed by atoms with Gasteiger partial charge in [-0.05, 0) is 68.4 Å². The van der Waals surface area contributed by atoms with Crippen LogP contribution < -0.4 is 0 Å². The van der Waals surface area contributed by atoms with E-state index in [1.54, 1.807) is 13.8 Å². The van der Waals surface area contributed by atoms with Crippen LogP contribution in [0.4, 0.5) is 0 Å². The molecule has 40 heavy (non-hydrogen) atoms. The number of Topliss-reactive ketones (excluding diaryl/α,β-unsaturated/α-hetero) is 2. The van der Waals surface area contributed by atoms with Gasteiger partial charge >= 0.3 is 5.97 Å². The molecule has 3 saturated carbocycles. The molecular weight excluding hydrogens is 512 g/mol. The zero-order valence-electron chi connectivity index (χ0n) is 25.3. The predicted molar refractivity (Wildman–Crippen MR) is 148 cm³/mol. The van der Waals surface area contributed by atoms with Crippen molar-refractivity contribution in [3.8, 4) is 0 Å². The first-order chi connectivity index (χ1) is 18.1. The predicted octanol–water partition coefficient (Wildman–Crippen LogP) is 3.50. The second kappa shape index (κ2) is 9.17. The molecule has 0 aromatic carbocycles. The Morgan fingerprint density at radius 2 is 1.65 bits per heavy atom. The lowest BCUT2D eigenvalue weighted by Gasteiger charge is -2.64. The van der Waals surface area contributed by atoms with E-state index in [4.69, 9.17) is 4.74 Å². The van der Waals surface area contributed by atoms with E-state index < -0.39 is 62.7 Å². The molecule has 222 valence electrons. The average molecular weight is 559 g/mol. The Balaban J connectivity index is 1.75. The van der Waals surface area contributed by atoms with Gasteiger partial charge in [0.25, 0.3) is 0 Å². The molecule has 0 saturated heterocycles. The summed E-state index contributed by atoms with van der Waals surface area (Å²) < 4.78 is 5.23. The van der Waals surface area contributed by atoms with Crippen molar-refractivity contribution in [3.05, 3.63) is 23.8 Å². The number of hydrogen-bond donors (Lipinski definition) is 3. The molecule has 8 heteroatoms. The van der Waals surface area contributed by atoms with Crippen LogP contribution in [0.5, 0.6) is 0 Å². The summed E-state index contributed by atoms with van der Waals surface area (Å²) in [6.45, 7) is 15.5. The summed E-state index contributed by atoms with van der Waals surface area (Å²) in [6.07, 6.45) is 3.50. The molecule has 0 aliphatic heterocycles. The van der Waals surface area contributed by atoms with Gasteiger partial charge in [-0.25, -0.2) is 0 Å². The zero-order chi connectivity index (χ0) is 30.4. The second-order valence-corrected chi connectivity index (χ2v) is 14.8. The summed E-state index contributed by atoms with van der Waals surface area (Å²) in [4.78, 5) is 52.1. The molecular formula is C32H46O8. The second-order valence-electron chi connectivity index (χ2n) is 14.8. The maximum absolute atomic E-state index is 14.3. The van der Waals surface area contributed by atoms with Crippen LogP contribution in [0, 0.1) is 39.4 Å². The molecule has 0 radical (unpaired) electrons. The molecule has 0 spiro atoms. The summed E-state index contributed by atoms with van der Waals surface area (Å²) >= 11 is 0. The number of fused-ring (bicyclic) bond motifs is 5. The number of carbonyl (C=O) groups excluding carboxylic acids is 4. The summed E-state index contributed by atoms with van der Waals surface area (Å²) in [6, 6.07) is 0. The minimum absolute atomic E-state index is 0.0399. The highest BCUT2D eigenvalue weighted by Gasteiger charge is 2.74. The van der Waals surface area contributed by atoms with Gasteiger partial charge in [0.15, 0.2) is 11.6 Å². The first kappa shape index (κ1) is 30.8. The Morgan fingerprint density at radius 1 is 1.05 bits per heavy atom. The fourth-order valence-electron chi connectivity index (χ4n) is 9.35. The van der Waals surface area contributed by atoms with Crippen LogP contribution in [0.25, 0.3) is 0 Å². The Labute approximate surface area is 237 Å². The highest BCUT2D eigenvalue weighted by Crippen LogP contribution is 2.74. The molecule has 0 aromatic rings. The van der Waals surface area contributed by atoms with Crippen LogP contribution in [0.15, 0.2) is 23.8 Å². The molecule has 4 aliphatic rings. The van der Waals surface area contributed by atoms with Gasteiger partial charge in [-0.3, -0.25) is 19.2 Å². The Kier molecular flexibility index (Phi) is 7.06. The molecule has 0 bridgehead atoms. The number of ketones is 3. The first-order valence-corrected chi connectivity index (χ1v) is 14.4. The number of rotatable bonds is 5. The van der Waals surface area contributed by atoms with E-state index in [0.29, 0.717) is 12.8 Å². The number of allylic oxidation sites excluding steroid dienone is 1. The molecule has 0 heterocycles. The van der Waals surface area contributed by atoms with Crippen molar-refractivity contribution in [3.63, 3.8) is 0 Å². The van der Waals surface area contributed by atoms with Crippen LogP contribution in [0.3, 0.4) is 0 Å². The summed E-state index contributed by atoms with van der Waals surface area (Å²) in [5.74, 6) is -2.96. The van der Waals surface area contributed by atoms with Crippen molar-refractivity contribution < 1.29 is 39.2 Å². The number of hydrogen-bond acceptors (Lipinski definition) is 8. The van der Waals surface area contributed by atoms with Crippen LogP contribution in [-0.2, 0) is 23.9 Å². The van der Waals surface area contributed by atoms with Crippen molar-refractivity contribution in [2.75, 3.05) is 0 Å². The van der Waals surface area contributed by atoms with Gasteiger partial charge in [-0.1, -0.05) is 46.3 Å². The van der Waals surface area contributed by atoms with Gasteiger partial charge in [0.05, 0.1) is 6.10 Å². The quantitative estimate of drug-likeness (QED) is 0.265. The Bertz CT molecular complexity index is 1210. The standard InChI is InChI=1S/C32H46O8/c1-17(33)40-27(2,3)13-12-23(36)32(9,39)25-21(35)15-29(6)22-11-10-18-19(14-20(34)26(38)28(18,4)5)31(22,8)24(37)16-30(25,29)7/h10,12-13,19,21-22,25-26,35,38-39H,11,14-16H2,1-9H3/b13-12+/t19-,21+,22-,25+,26+,29+,30-,31+,32-/m0/s1. The SMILES string of the molecule is CC(=O)OC(C)(C)/C=C/C(=O)[C@](C)(O)[C@@H]1[C@H](O)C[C@]2(C)[C@@H]3CC=C4[C@H](CC(=O)[C@@H](O)C4(C)C)[C@@]3(C)C(=O)C[C@@]12C. The smallest absolute Gasteiger partial charge is 0.303 e. The number of carbonyl (C=O) groups is 4. The highest BCUT2D eigenvalue weighted by atomic mass is 16.6. The van der Waals surface area contributed by atoms with E-state index in [-0.39, 0.29) is 36.2 Å². The maximum Gasteiger partial charge on any atom is 0.303 e. The normalized spacial score (nSPS) is 42.4. The van der Waals surface area contributed by atoms with Crippen molar-refractivity contribution in [2.45, 2.75) is 111 Å². The van der Waals surface area contributed by atoms with Crippen molar-refractivity contribution in [1.29, 1.82) is 0 Å². The zero-order valence-corrected chi connectivity index (χ0v) is 25.3. The molecule has 0 amide bonds. The highest BCUT2D eigenvalue weighted by molar-refractivity contribution is 5.97. The van der Waals surface area contributed by atoms with E-state index in [1.807, 2.05) is 27.7 Å². The van der Waals surface area contributed by atoms with E-state index >= 15 is 0 Å². The van der Waals surface area contributed by atoms with Gasteiger partial charge in [0.1, 0.15) is 23.1 Å². The van der Waals surface area contributed by atoms with Gasteiger partial charge in [0.2, 0.25) is 0 Å². The lowest BCUT2D eigenvalue weighted by atomic mass is 9.38. The third-order valence-electron chi connectivity index (χ3n) is 11.6. The van der Waals surface area contributed by atoms with E-state index in [0.717, 1.165) is 5.57 Å². The first-order valence-electron chi connectivity index (χ1n) is 14.4. The van der Waals surface area contributed by atoms with Crippen molar-refractivity contribution >= 4 is 23.3 Å². The number of esters is 1. The van der Waals surface area contributed by atoms with Gasteiger partial charge in [0, 0.05) is 36.5 Å². The van der Waals surface area contributed by atoms with E-state index in [2.05, 4.69) is 13.0 Å². The van der Waals surface area contributed by atoms with E-state index in [9.17, 15) is 34.5 Å².